The van der Waals surface area contributed by atoms with Crippen LogP contribution in [-0.2, 0) is 0 Å². The van der Waals surface area contributed by atoms with Crippen molar-refractivity contribution in [2.45, 2.75) is 0 Å². The highest BCUT2D eigenvalue weighted by Gasteiger charge is 2.10. The van der Waals surface area contributed by atoms with E-state index < -0.39 is 0 Å². The second kappa shape index (κ2) is 7.71. The predicted molar refractivity (Wildman–Crippen MR) is 113 cm³/mol. The highest BCUT2D eigenvalue weighted by atomic mass is 16.3. The molecule has 0 atom stereocenters. The third kappa shape index (κ3) is 3.80. The van der Waals surface area contributed by atoms with Gasteiger partial charge in [0.05, 0.1) is 10.9 Å². The van der Waals surface area contributed by atoms with Crippen LogP contribution in [0.3, 0.4) is 0 Å². The first-order valence-electron chi connectivity index (χ1n) is 8.83. The molecule has 0 amide bonds. The average Bonchev–Trinajstić information content (AvgIpc) is 2.73. The molecular weight excluding hydrogens is 332 g/mol. The first-order chi connectivity index (χ1) is 13.3. The lowest BCUT2D eigenvalue weighted by molar-refractivity contribution is 0.589. The molecule has 0 spiro atoms. The van der Waals surface area contributed by atoms with Crippen molar-refractivity contribution in [3.8, 4) is 0 Å². The van der Waals surface area contributed by atoms with Gasteiger partial charge in [-0.05, 0) is 35.4 Å². The van der Waals surface area contributed by atoms with Gasteiger partial charge < -0.3 is 4.42 Å². The largest absolute Gasteiger partial charge is 0.456 e. The van der Waals surface area contributed by atoms with E-state index in [-0.39, 0.29) is 5.43 Å². The van der Waals surface area contributed by atoms with Crippen LogP contribution in [0.25, 0.3) is 35.3 Å². The zero-order valence-electron chi connectivity index (χ0n) is 14.7. The van der Waals surface area contributed by atoms with Crippen molar-refractivity contribution in [1.82, 2.24) is 0 Å². The van der Waals surface area contributed by atoms with E-state index in [1.165, 1.54) is 0 Å². The van der Waals surface area contributed by atoms with Crippen LogP contribution in [0.5, 0.6) is 0 Å². The molecule has 1 aromatic heterocycles. The van der Waals surface area contributed by atoms with Crippen molar-refractivity contribution in [2.24, 2.45) is 0 Å². The minimum absolute atomic E-state index is 0.0308. The van der Waals surface area contributed by atoms with E-state index in [1.807, 2.05) is 103 Å². The summed E-state index contributed by atoms with van der Waals surface area (Å²) in [7, 11) is 0. The summed E-state index contributed by atoms with van der Waals surface area (Å²) in [6.45, 7) is 0. The molecule has 0 fully saturated rings. The van der Waals surface area contributed by atoms with E-state index >= 15 is 0 Å². The third-order valence-corrected chi connectivity index (χ3v) is 4.33. The Balaban J connectivity index is 1.84. The van der Waals surface area contributed by atoms with E-state index in [0.717, 1.165) is 11.1 Å². The van der Waals surface area contributed by atoms with E-state index in [0.29, 0.717) is 22.3 Å². The van der Waals surface area contributed by atoms with Crippen LogP contribution in [0.15, 0.2) is 94.1 Å². The van der Waals surface area contributed by atoms with Crippen LogP contribution in [0.4, 0.5) is 0 Å². The molecule has 27 heavy (non-hydrogen) atoms. The first kappa shape index (κ1) is 16.8. The van der Waals surface area contributed by atoms with Crippen LogP contribution in [0.1, 0.15) is 22.5 Å². The molecule has 2 nitrogen and oxygen atoms in total. The van der Waals surface area contributed by atoms with E-state index in [9.17, 15) is 4.79 Å². The summed E-state index contributed by atoms with van der Waals surface area (Å²) in [5.74, 6) is 0.551. The van der Waals surface area contributed by atoms with Crippen molar-refractivity contribution in [3.63, 3.8) is 0 Å². The van der Waals surface area contributed by atoms with Crippen LogP contribution in [0.2, 0.25) is 0 Å². The Labute approximate surface area is 157 Å². The quantitative estimate of drug-likeness (QED) is 0.443. The summed E-state index contributed by atoms with van der Waals surface area (Å²) >= 11 is 0. The van der Waals surface area contributed by atoms with Crippen molar-refractivity contribution in [2.75, 3.05) is 0 Å². The number of fused-ring (bicyclic) bond motifs is 1. The molecule has 0 saturated carbocycles. The molecule has 0 radical (unpaired) electrons. The highest BCUT2D eigenvalue weighted by Crippen LogP contribution is 2.20. The fourth-order valence-corrected chi connectivity index (χ4v) is 2.94. The topological polar surface area (TPSA) is 30.2 Å². The van der Waals surface area contributed by atoms with Crippen molar-refractivity contribution < 1.29 is 4.42 Å². The van der Waals surface area contributed by atoms with E-state index in [1.54, 1.807) is 6.07 Å². The molecule has 130 valence electrons. The van der Waals surface area contributed by atoms with Crippen LogP contribution < -0.4 is 5.43 Å². The van der Waals surface area contributed by atoms with Gasteiger partial charge in [0.25, 0.3) is 0 Å². The Kier molecular flexibility index (Phi) is 4.80. The molecule has 3 aromatic carbocycles. The van der Waals surface area contributed by atoms with Crippen molar-refractivity contribution >= 4 is 35.3 Å². The molecular formula is C25H18O2. The minimum Gasteiger partial charge on any atom is -0.456 e. The van der Waals surface area contributed by atoms with Gasteiger partial charge in [0, 0.05) is 0 Å². The van der Waals surface area contributed by atoms with E-state index in [4.69, 9.17) is 4.42 Å². The maximum atomic E-state index is 13.0. The third-order valence-electron chi connectivity index (χ3n) is 4.33. The van der Waals surface area contributed by atoms with Gasteiger partial charge >= 0.3 is 0 Å². The van der Waals surface area contributed by atoms with Gasteiger partial charge in [-0.25, -0.2) is 0 Å². The highest BCUT2D eigenvalue weighted by molar-refractivity contribution is 5.85. The fraction of sp³-hybridized carbons (Fsp3) is 0. The van der Waals surface area contributed by atoms with Gasteiger partial charge in [-0.1, -0.05) is 84.9 Å². The summed E-state index contributed by atoms with van der Waals surface area (Å²) < 4.78 is 6.05. The molecule has 1 heterocycles. The Bertz CT molecular complexity index is 1170. The van der Waals surface area contributed by atoms with Gasteiger partial charge in [-0.3, -0.25) is 4.79 Å². The molecule has 0 N–H and O–H groups in total. The molecule has 0 bridgehead atoms. The summed E-state index contributed by atoms with van der Waals surface area (Å²) in [6.07, 6.45) is 7.57. The molecule has 2 heteroatoms. The second-order valence-corrected chi connectivity index (χ2v) is 6.19. The van der Waals surface area contributed by atoms with Gasteiger partial charge in [0.15, 0.2) is 0 Å². The van der Waals surface area contributed by atoms with Gasteiger partial charge in [0.1, 0.15) is 11.3 Å². The monoisotopic (exact) mass is 350 g/mol. The smallest absolute Gasteiger partial charge is 0.200 e. The normalized spacial score (nSPS) is 11.6. The zero-order chi connectivity index (χ0) is 18.5. The van der Waals surface area contributed by atoms with Crippen molar-refractivity contribution in [3.05, 3.63) is 118 Å². The van der Waals surface area contributed by atoms with Crippen molar-refractivity contribution in [1.29, 1.82) is 0 Å². The SMILES string of the molecule is O=c1c(/C=C/c2ccccc2)c(/C=C/c2ccccc2)oc2ccccc12. The average molecular weight is 350 g/mol. The fourth-order valence-electron chi connectivity index (χ4n) is 2.94. The lowest BCUT2D eigenvalue weighted by Gasteiger charge is -2.04. The molecule has 0 aliphatic carbocycles. The summed E-state index contributed by atoms with van der Waals surface area (Å²) in [5.41, 5.74) is 3.18. The van der Waals surface area contributed by atoms with E-state index in [2.05, 4.69) is 0 Å². The van der Waals surface area contributed by atoms with Gasteiger partial charge in [0.2, 0.25) is 5.43 Å². The zero-order valence-corrected chi connectivity index (χ0v) is 14.7. The van der Waals surface area contributed by atoms with Gasteiger partial charge in [-0.2, -0.15) is 0 Å². The molecule has 0 unspecified atom stereocenters. The maximum Gasteiger partial charge on any atom is 0.200 e. The molecule has 4 rings (SSSR count). The molecule has 4 aromatic rings. The lowest BCUT2D eigenvalue weighted by atomic mass is 10.1. The number of benzene rings is 3. The molecule has 0 saturated heterocycles. The minimum atomic E-state index is -0.0308. The number of hydrogen-bond acceptors (Lipinski definition) is 2. The second-order valence-electron chi connectivity index (χ2n) is 6.19. The Morgan fingerprint density at radius 1 is 0.593 bits per heavy atom. The molecule has 0 aliphatic heterocycles. The van der Waals surface area contributed by atoms with Crippen LogP contribution >= 0.6 is 0 Å². The van der Waals surface area contributed by atoms with Gasteiger partial charge in [-0.15, -0.1) is 0 Å². The number of para-hydroxylation sites is 1. The molecule has 0 aliphatic rings. The Morgan fingerprint density at radius 2 is 1.15 bits per heavy atom. The number of rotatable bonds is 4. The summed E-state index contributed by atoms with van der Waals surface area (Å²) in [5, 5.41) is 0.585. The first-order valence-corrected chi connectivity index (χ1v) is 8.83. The maximum absolute atomic E-state index is 13.0. The summed E-state index contributed by atoms with van der Waals surface area (Å²) in [4.78, 5) is 13.0. The predicted octanol–water partition coefficient (Wildman–Crippen LogP) is 6.13. The standard InChI is InChI=1S/C25H18O2/c26-25-21-13-7-8-14-23(21)27-24(18-16-20-11-5-2-6-12-20)22(25)17-15-19-9-3-1-4-10-19/h1-18H/b17-15+,18-16+. The Morgan fingerprint density at radius 3 is 1.81 bits per heavy atom. The van der Waals surface area contributed by atoms with Crippen LogP contribution in [0, 0.1) is 0 Å². The summed E-state index contributed by atoms with van der Waals surface area (Å²) in [6, 6.07) is 27.2. The number of hydrogen-bond donors (Lipinski definition) is 0. The Hall–Kier alpha value is -3.65. The lowest BCUT2D eigenvalue weighted by Crippen LogP contribution is -2.07. The van der Waals surface area contributed by atoms with Crippen LogP contribution in [-0.4, -0.2) is 0 Å².